The fourth-order valence-corrected chi connectivity index (χ4v) is 6.13. The molecule has 1 saturated heterocycles. The number of hydrogen-bond donors (Lipinski definition) is 3. The average molecular weight is 681 g/mol. The van der Waals surface area contributed by atoms with Crippen LogP contribution in [0.4, 0.5) is 10.6 Å². The molecule has 2 aromatic rings. The van der Waals surface area contributed by atoms with Crippen LogP contribution < -0.4 is 20.8 Å². The number of aryl methyl sites for hydroxylation is 1. The van der Waals surface area contributed by atoms with E-state index in [1.165, 1.54) is 32.2 Å². The molecule has 256 valence electrons. The molecule has 0 spiro atoms. The molecule has 17 nitrogen and oxygen atoms in total. The highest BCUT2D eigenvalue weighted by molar-refractivity contribution is 7.52. The molecule has 3 N–H and O–H groups in total. The molecule has 18 heteroatoms. The number of benzene rings is 1. The van der Waals surface area contributed by atoms with Gasteiger partial charge >= 0.3 is 31.5 Å². The summed E-state index contributed by atoms with van der Waals surface area (Å²) in [6.07, 6.45) is -1.78. The average Bonchev–Trinajstić information content (AvgIpc) is 3.43. The van der Waals surface area contributed by atoms with Crippen LogP contribution in [-0.2, 0) is 48.8 Å². The number of aromatic nitrogens is 2. The molecule has 47 heavy (non-hydrogen) atoms. The Morgan fingerprint density at radius 1 is 1.11 bits per heavy atom. The van der Waals surface area contributed by atoms with Crippen molar-refractivity contribution >= 4 is 31.7 Å². The summed E-state index contributed by atoms with van der Waals surface area (Å²) in [6, 6.07) is 6.57. The monoisotopic (exact) mass is 680 g/mol. The van der Waals surface area contributed by atoms with Gasteiger partial charge in [0.1, 0.15) is 18.4 Å². The maximum absolute atomic E-state index is 14.3. The van der Waals surface area contributed by atoms with E-state index in [9.17, 15) is 23.7 Å². The van der Waals surface area contributed by atoms with Gasteiger partial charge in [0, 0.05) is 12.6 Å². The van der Waals surface area contributed by atoms with Crippen molar-refractivity contribution in [2.75, 3.05) is 12.1 Å². The molecule has 4 atom stereocenters. The van der Waals surface area contributed by atoms with E-state index in [1.807, 2.05) is 0 Å². The van der Waals surface area contributed by atoms with Gasteiger partial charge < -0.3 is 28.2 Å². The summed E-state index contributed by atoms with van der Waals surface area (Å²) in [5.41, 5.74) is -0.288. The number of fused-ring (bicyclic) bond motifs is 1. The number of rotatable bonds is 15. The largest absolute Gasteiger partial charge is 0.515 e. The number of ether oxygens (including phenoxy) is 5. The summed E-state index contributed by atoms with van der Waals surface area (Å²) in [5.74, 6) is -1.57. The highest BCUT2D eigenvalue weighted by Gasteiger charge is 2.59. The van der Waals surface area contributed by atoms with Gasteiger partial charge in [0.2, 0.25) is 17.6 Å². The Morgan fingerprint density at radius 2 is 1.81 bits per heavy atom. The van der Waals surface area contributed by atoms with Crippen LogP contribution >= 0.6 is 7.75 Å². The molecule has 2 unspecified atom stereocenters. The summed E-state index contributed by atoms with van der Waals surface area (Å²) in [7, 11) is -4.51. The highest BCUT2D eigenvalue weighted by Crippen LogP contribution is 2.51. The van der Waals surface area contributed by atoms with Gasteiger partial charge in [-0.2, -0.15) is 10.1 Å². The Morgan fingerprint density at radius 3 is 2.47 bits per heavy atom. The van der Waals surface area contributed by atoms with Crippen LogP contribution in [0, 0.1) is 0 Å². The number of esters is 2. The van der Waals surface area contributed by atoms with Crippen LogP contribution in [0.1, 0.15) is 59.8 Å². The molecule has 4 rings (SSSR count). The second-order valence-electron chi connectivity index (χ2n) is 11.2. The molecule has 0 aliphatic carbocycles. The third kappa shape index (κ3) is 8.48. The minimum atomic E-state index is -4.51. The van der Waals surface area contributed by atoms with Crippen molar-refractivity contribution in [2.45, 2.75) is 84.5 Å². The predicted octanol–water partition coefficient (Wildman–Crippen LogP) is 3.73. The smallest absolute Gasteiger partial charge is 0.463 e. The second-order valence-corrected chi connectivity index (χ2v) is 12.9. The van der Waals surface area contributed by atoms with Gasteiger partial charge in [-0.05, 0) is 65.7 Å². The van der Waals surface area contributed by atoms with Gasteiger partial charge in [-0.3, -0.25) is 29.4 Å². The van der Waals surface area contributed by atoms with Crippen LogP contribution in [0.2, 0.25) is 0 Å². The number of carbonyl (C=O) groups is 3. The van der Waals surface area contributed by atoms with Crippen molar-refractivity contribution in [2.24, 2.45) is 0 Å². The molecule has 3 heterocycles. The Hall–Kier alpha value is -4.44. The summed E-state index contributed by atoms with van der Waals surface area (Å²) in [4.78, 5) is 53.4. The lowest BCUT2D eigenvalue weighted by molar-refractivity contribution is -0.149. The molecule has 0 bridgehead atoms. The van der Waals surface area contributed by atoms with E-state index in [0.29, 0.717) is 5.56 Å². The summed E-state index contributed by atoms with van der Waals surface area (Å²) in [6.45, 7) is 8.92. The Bertz CT molecular complexity index is 1640. The maximum Gasteiger partial charge on any atom is 0.515 e. The molecule has 0 saturated carbocycles. The third-order valence-corrected chi connectivity index (χ3v) is 8.30. The van der Waals surface area contributed by atoms with E-state index in [0.717, 1.165) is 4.57 Å². The molecule has 1 aromatic carbocycles. The van der Waals surface area contributed by atoms with Crippen molar-refractivity contribution in [1.82, 2.24) is 14.6 Å². The predicted molar refractivity (Wildman–Crippen MR) is 161 cm³/mol. The first kappa shape index (κ1) is 35.4. The van der Waals surface area contributed by atoms with E-state index >= 15 is 0 Å². The lowest BCUT2D eigenvalue weighted by Gasteiger charge is -2.26. The van der Waals surface area contributed by atoms with Gasteiger partial charge in [-0.25, -0.2) is 14.2 Å². The zero-order chi connectivity index (χ0) is 34.5. The number of para-hydroxylation sites is 1. The van der Waals surface area contributed by atoms with Gasteiger partial charge in [0.25, 0.3) is 0 Å². The van der Waals surface area contributed by atoms with Crippen LogP contribution in [0.3, 0.4) is 0 Å². The number of hydrogen-bond acceptors (Lipinski definition) is 15. The van der Waals surface area contributed by atoms with Crippen molar-refractivity contribution in [3.63, 3.8) is 0 Å². The van der Waals surface area contributed by atoms with E-state index in [4.69, 9.17) is 37.9 Å². The quantitative estimate of drug-likeness (QED) is 0.106. The molecule has 0 amide bonds. The van der Waals surface area contributed by atoms with Crippen molar-refractivity contribution in [3.05, 3.63) is 64.1 Å². The number of nitrogens with zero attached hydrogens (tertiary/aromatic N) is 2. The Kier molecular flexibility index (Phi) is 11.0. The zero-order valence-electron chi connectivity index (χ0n) is 26.6. The summed E-state index contributed by atoms with van der Waals surface area (Å²) in [5, 5.41) is 11.7. The molecule has 2 aliphatic heterocycles. The Labute approximate surface area is 269 Å². The standard InChI is InChI=1S/C29H37N4O13P/c1-16(2)41-23(34)12-11-19-9-7-8-10-20(19)46-47(39,32-18(5)25(35)42-17(3)4)40-15-21-24-29(6,45-28(37)44-24)26(43-21)33-14-13-22(31-38)30-27(33)36/h7-10,13-14,16-18,26,38H,11-12,15H2,1-6H3,(H,32,39)(H,30,31,36)/t18-,26+,29?,47?/m0/s1. The molecular weight excluding hydrogens is 643 g/mol. The zero-order valence-corrected chi connectivity index (χ0v) is 27.5. The van der Waals surface area contributed by atoms with Gasteiger partial charge in [0.05, 0.1) is 12.2 Å². The minimum absolute atomic E-state index is 0.00720. The first-order valence-electron chi connectivity index (χ1n) is 14.6. The second kappa shape index (κ2) is 14.5. The number of anilines is 1. The fourth-order valence-electron chi connectivity index (χ4n) is 4.64. The molecule has 2 aliphatic rings. The normalized spacial score (nSPS) is 20.5. The maximum atomic E-state index is 14.3. The van der Waals surface area contributed by atoms with E-state index in [-0.39, 0.29) is 42.0 Å². The number of carbonyl (C=O) groups excluding carboxylic acids is 3. The summed E-state index contributed by atoms with van der Waals surface area (Å²) < 4.78 is 53.9. The third-order valence-electron chi connectivity index (χ3n) is 6.69. The molecule has 1 fully saturated rings. The van der Waals surface area contributed by atoms with Gasteiger partial charge in [-0.15, -0.1) is 0 Å². The topological polar surface area (TPSA) is 212 Å². The van der Waals surface area contributed by atoms with Crippen molar-refractivity contribution in [1.29, 1.82) is 0 Å². The lowest BCUT2D eigenvalue weighted by atomic mass is 10.0. The van der Waals surface area contributed by atoms with Crippen molar-refractivity contribution in [3.8, 4) is 5.75 Å². The minimum Gasteiger partial charge on any atom is -0.463 e. The van der Waals surface area contributed by atoms with Crippen LogP contribution in [0.15, 0.2) is 52.8 Å². The molecule has 1 aromatic heterocycles. The van der Waals surface area contributed by atoms with E-state index in [1.54, 1.807) is 51.4 Å². The van der Waals surface area contributed by atoms with E-state index in [2.05, 4.69) is 10.1 Å². The number of nitrogens with one attached hydrogen (secondary N) is 2. The van der Waals surface area contributed by atoms with Crippen LogP contribution in [0.5, 0.6) is 5.75 Å². The molecular formula is C29H37N4O13P. The van der Waals surface area contributed by atoms with Gasteiger partial charge in [-0.1, -0.05) is 18.2 Å². The van der Waals surface area contributed by atoms with E-state index < -0.39 is 62.1 Å². The first-order chi connectivity index (χ1) is 22.1. The van der Waals surface area contributed by atoms with Gasteiger partial charge in [0.15, 0.2) is 11.6 Å². The first-order valence-corrected chi connectivity index (χ1v) is 16.2. The van der Waals surface area contributed by atoms with Crippen LogP contribution in [0.25, 0.3) is 0 Å². The summed E-state index contributed by atoms with van der Waals surface area (Å²) >= 11 is 0. The fraction of sp³-hybridized carbons (Fsp3) is 0.483. The van der Waals surface area contributed by atoms with Crippen LogP contribution in [-0.4, -0.2) is 63.3 Å². The highest BCUT2D eigenvalue weighted by atomic mass is 31.2. The SMILES string of the molecule is CC(C)OC(=O)CCc1ccccc1OP(=O)(N[C@@H](C)C(=O)OC(C)C)OCC1=C2OC(=O)OC2(C)[C@H](n2ccc(NO)nc2=O)O1. The van der Waals surface area contributed by atoms with Crippen molar-refractivity contribution < 1.29 is 56.9 Å². The molecule has 0 radical (unpaired) electrons. The Balaban J connectivity index is 1.62. The lowest BCUT2D eigenvalue weighted by Crippen LogP contribution is -2.40.